The van der Waals surface area contributed by atoms with Crippen molar-refractivity contribution in [2.45, 2.75) is 6.10 Å². The number of rotatable bonds is 1. The van der Waals surface area contributed by atoms with Crippen LogP contribution in [0.3, 0.4) is 0 Å². The summed E-state index contributed by atoms with van der Waals surface area (Å²) in [7, 11) is 1.74. The summed E-state index contributed by atoms with van der Waals surface area (Å²) in [5.41, 5.74) is 0. The monoisotopic (exact) mass is 116 g/mol. The average Bonchev–Trinajstić information content (AvgIpc) is 1.90. The maximum Gasteiger partial charge on any atom is 0.0820 e. The Kier molecular flexibility index (Phi) is 2.27. The molecule has 0 amide bonds. The topological polar surface area (TPSA) is 33.3 Å². The summed E-state index contributed by atoms with van der Waals surface area (Å²) in [4.78, 5) is 0. The van der Waals surface area contributed by atoms with Crippen LogP contribution in [0.15, 0.2) is 0 Å². The van der Waals surface area contributed by atoms with Crippen LogP contribution < -0.4 is 10.6 Å². The van der Waals surface area contributed by atoms with Crippen molar-refractivity contribution >= 4 is 0 Å². The Hall–Kier alpha value is -0.120. The van der Waals surface area contributed by atoms with Crippen LogP contribution in [0.25, 0.3) is 0 Å². The lowest BCUT2D eigenvalue weighted by Gasteiger charge is -2.21. The first-order valence-electron chi connectivity index (χ1n) is 2.87. The number of nitrogens with one attached hydrogen (secondary N) is 2. The lowest BCUT2D eigenvalue weighted by Crippen LogP contribution is -2.47. The first kappa shape index (κ1) is 6.01. The third-order valence-electron chi connectivity index (χ3n) is 1.33. The minimum Gasteiger partial charge on any atom is -0.379 e. The maximum atomic E-state index is 5.07. The molecule has 0 radical (unpaired) electrons. The minimum atomic E-state index is 0.365. The van der Waals surface area contributed by atoms with Crippen LogP contribution in [0, 0.1) is 0 Å². The molecule has 0 spiro atoms. The largest absolute Gasteiger partial charge is 0.379 e. The van der Waals surface area contributed by atoms with Gasteiger partial charge in [-0.3, -0.25) is 0 Å². The fourth-order valence-electron chi connectivity index (χ4n) is 0.794. The highest BCUT2D eigenvalue weighted by Crippen LogP contribution is 1.87. The van der Waals surface area contributed by atoms with Crippen molar-refractivity contribution in [3.8, 4) is 0 Å². The van der Waals surface area contributed by atoms with Crippen molar-refractivity contribution in [2.75, 3.05) is 26.9 Å². The van der Waals surface area contributed by atoms with Gasteiger partial charge in [0.05, 0.1) is 6.10 Å². The van der Waals surface area contributed by atoms with Crippen LogP contribution in [0.4, 0.5) is 0 Å². The van der Waals surface area contributed by atoms with Crippen LogP contribution in [-0.2, 0) is 4.74 Å². The van der Waals surface area contributed by atoms with Crippen molar-refractivity contribution in [2.24, 2.45) is 0 Å². The molecule has 0 unspecified atom stereocenters. The molecule has 2 N–H and O–H groups in total. The van der Waals surface area contributed by atoms with Crippen LogP contribution in [0.5, 0.6) is 0 Å². The van der Waals surface area contributed by atoms with Crippen LogP contribution >= 0.6 is 0 Å². The zero-order valence-electron chi connectivity index (χ0n) is 5.11. The SMILES string of the molecule is COC1CNCNC1. The van der Waals surface area contributed by atoms with Gasteiger partial charge in [-0.1, -0.05) is 0 Å². The quantitative estimate of drug-likeness (QED) is 0.468. The summed E-state index contributed by atoms with van der Waals surface area (Å²) in [6, 6.07) is 0. The lowest BCUT2D eigenvalue weighted by molar-refractivity contribution is 0.0869. The van der Waals surface area contributed by atoms with E-state index in [0.717, 1.165) is 19.8 Å². The molecular weight excluding hydrogens is 104 g/mol. The van der Waals surface area contributed by atoms with Crippen molar-refractivity contribution < 1.29 is 4.74 Å². The highest BCUT2D eigenvalue weighted by atomic mass is 16.5. The van der Waals surface area contributed by atoms with E-state index in [1.807, 2.05) is 0 Å². The first-order chi connectivity index (χ1) is 3.93. The van der Waals surface area contributed by atoms with Gasteiger partial charge in [-0.25, -0.2) is 0 Å². The standard InChI is InChI=1S/C5H12N2O/c1-8-5-2-6-4-7-3-5/h5-7H,2-4H2,1H3. The van der Waals surface area contributed by atoms with Crippen LogP contribution in [0.2, 0.25) is 0 Å². The molecule has 0 aromatic rings. The average molecular weight is 116 g/mol. The molecule has 48 valence electrons. The van der Waals surface area contributed by atoms with Crippen molar-refractivity contribution in [1.82, 2.24) is 10.6 Å². The Morgan fingerprint density at radius 2 is 2.00 bits per heavy atom. The molecule has 3 nitrogen and oxygen atoms in total. The molecule has 8 heavy (non-hydrogen) atoms. The van der Waals surface area contributed by atoms with E-state index >= 15 is 0 Å². The Bertz CT molecular complexity index is 61.4. The smallest absolute Gasteiger partial charge is 0.0820 e. The Labute approximate surface area is 49.4 Å². The number of hydrogen-bond acceptors (Lipinski definition) is 3. The molecule has 1 saturated heterocycles. The predicted molar refractivity (Wildman–Crippen MR) is 31.7 cm³/mol. The normalized spacial score (nSPS) is 23.6. The molecule has 0 aromatic heterocycles. The second-order valence-corrected chi connectivity index (χ2v) is 1.94. The molecule has 1 aliphatic heterocycles. The van der Waals surface area contributed by atoms with Crippen molar-refractivity contribution in [3.05, 3.63) is 0 Å². The summed E-state index contributed by atoms with van der Waals surface area (Å²) < 4.78 is 5.07. The molecule has 0 atom stereocenters. The third kappa shape index (κ3) is 1.43. The van der Waals surface area contributed by atoms with Crippen molar-refractivity contribution in [3.63, 3.8) is 0 Å². The number of hydrogen-bond donors (Lipinski definition) is 2. The van der Waals surface area contributed by atoms with E-state index in [4.69, 9.17) is 4.74 Å². The van der Waals surface area contributed by atoms with E-state index in [1.54, 1.807) is 7.11 Å². The molecule has 1 aliphatic rings. The fourth-order valence-corrected chi connectivity index (χ4v) is 0.794. The zero-order chi connectivity index (χ0) is 5.82. The summed E-state index contributed by atoms with van der Waals surface area (Å²) in [6.45, 7) is 2.87. The van der Waals surface area contributed by atoms with Crippen molar-refractivity contribution in [1.29, 1.82) is 0 Å². The lowest BCUT2D eigenvalue weighted by atomic mass is 10.3. The van der Waals surface area contributed by atoms with E-state index in [-0.39, 0.29) is 0 Å². The summed E-state index contributed by atoms with van der Waals surface area (Å²) in [6.07, 6.45) is 0.365. The van der Waals surface area contributed by atoms with Gasteiger partial charge >= 0.3 is 0 Å². The van der Waals surface area contributed by atoms with Crippen LogP contribution in [-0.4, -0.2) is 33.0 Å². The van der Waals surface area contributed by atoms with E-state index < -0.39 is 0 Å². The second kappa shape index (κ2) is 3.02. The van der Waals surface area contributed by atoms with E-state index in [1.165, 1.54) is 0 Å². The predicted octanol–water partition coefficient (Wildman–Crippen LogP) is -0.848. The molecule has 0 aliphatic carbocycles. The zero-order valence-corrected chi connectivity index (χ0v) is 5.11. The highest BCUT2D eigenvalue weighted by molar-refractivity contribution is 4.68. The van der Waals surface area contributed by atoms with Gasteiger partial charge in [0.15, 0.2) is 0 Å². The molecule has 0 saturated carbocycles. The Morgan fingerprint density at radius 1 is 1.38 bits per heavy atom. The van der Waals surface area contributed by atoms with Gasteiger partial charge in [-0.05, 0) is 0 Å². The molecule has 1 fully saturated rings. The van der Waals surface area contributed by atoms with E-state index in [0.29, 0.717) is 6.10 Å². The minimum absolute atomic E-state index is 0.365. The van der Waals surface area contributed by atoms with Gasteiger partial charge in [-0.15, -0.1) is 0 Å². The molecule has 0 bridgehead atoms. The van der Waals surface area contributed by atoms with E-state index in [2.05, 4.69) is 10.6 Å². The molecule has 3 heteroatoms. The Balaban J connectivity index is 2.13. The maximum absolute atomic E-state index is 5.07. The number of ether oxygens (including phenoxy) is 1. The summed E-state index contributed by atoms with van der Waals surface area (Å²) in [5.74, 6) is 0. The summed E-state index contributed by atoms with van der Waals surface area (Å²) in [5, 5.41) is 6.30. The van der Waals surface area contributed by atoms with Gasteiger partial charge in [0.25, 0.3) is 0 Å². The Morgan fingerprint density at radius 3 is 2.38 bits per heavy atom. The van der Waals surface area contributed by atoms with Gasteiger partial charge < -0.3 is 15.4 Å². The fraction of sp³-hybridized carbons (Fsp3) is 1.00. The molecule has 0 aromatic carbocycles. The highest BCUT2D eigenvalue weighted by Gasteiger charge is 2.08. The molecule has 1 rings (SSSR count). The van der Waals surface area contributed by atoms with Gasteiger partial charge in [0.2, 0.25) is 0 Å². The second-order valence-electron chi connectivity index (χ2n) is 1.94. The first-order valence-corrected chi connectivity index (χ1v) is 2.87. The molecule has 1 heterocycles. The van der Waals surface area contributed by atoms with Gasteiger partial charge in [-0.2, -0.15) is 0 Å². The van der Waals surface area contributed by atoms with Gasteiger partial charge in [0.1, 0.15) is 0 Å². The number of methoxy groups -OCH3 is 1. The third-order valence-corrected chi connectivity index (χ3v) is 1.33. The van der Waals surface area contributed by atoms with Gasteiger partial charge in [0, 0.05) is 26.9 Å². The summed E-state index contributed by atoms with van der Waals surface area (Å²) >= 11 is 0. The van der Waals surface area contributed by atoms with E-state index in [9.17, 15) is 0 Å². The van der Waals surface area contributed by atoms with Crippen LogP contribution in [0.1, 0.15) is 0 Å². The molecular formula is C5H12N2O.